The number of benzene rings is 3. The van der Waals surface area contributed by atoms with Gasteiger partial charge in [0.05, 0.1) is 5.56 Å². The van der Waals surface area contributed by atoms with Gasteiger partial charge in [0.1, 0.15) is 11.5 Å². The molecule has 0 fully saturated rings. The van der Waals surface area contributed by atoms with Gasteiger partial charge in [0.25, 0.3) is 5.91 Å². The fourth-order valence-corrected chi connectivity index (χ4v) is 3.98. The first-order chi connectivity index (χ1) is 16.3. The molecule has 4 aromatic rings. The van der Waals surface area contributed by atoms with Gasteiger partial charge in [-0.3, -0.25) is 4.79 Å². The van der Waals surface area contributed by atoms with Gasteiger partial charge in [-0.1, -0.05) is 56.2 Å². The first-order valence-corrected chi connectivity index (χ1v) is 11.2. The predicted octanol–water partition coefficient (Wildman–Crippen LogP) is 7.58. The molecule has 0 saturated carbocycles. The highest BCUT2D eigenvalue weighted by Gasteiger charge is 2.30. The highest BCUT2D eigenvalue weighted by molar-refractivity contribution is 6.10. The molecule has 0 aliphatic heterocycles. The number of H-pyrrole nitrogens is 1. The standard InChI is InChI=1S/C27H24F4N2O/c1-2-3-4-15-32-26(34)25-24(18-5-10-20(11-6-18)27(29,30)31)22-14-9-19(16-23(22)33-25)17-7-12-21(28)13-8-17/h5-14,16,33H,2-4,15H2,1H3,(H,32,34). The number of hydrogen-bond acceptors (Lipinski definition) is 1. The zero-order chi connectivity index (χ0) is 24.3. The van der Waals surface area contributed by atoms with Crippen molar-refractivity contribution < 1.29 is 22.4 Å². The number of amides is 1. The van der Waals surface area contributed by atoms with E-state index in [4.69, 9.17) is 0 Å². The van der Waals surface area contributed by atoms with Gasteiger partial charge in [0.15, 0.2) is 0 Å². The summed E-state index contributed by atoms with van der Waals surface area (Å²) in [4.78, 5) is 16.2. The number of fused-ring (bicyclic) bond motifs is 1. The second-order valence-corrected chi connectivity index (χ2v) is 8.18. The van der Waals surface area contributed by atoms with E-state index in [9.17, 15) is 22.4 Å². The Hall–Kier alpha value is -3.61. The van der Waals surface area contributed by atoms with Crippen LogP contribution in [0.5, 0.6) is 0 Å². The minimum atomic E-state index is -4.44. The van der Waals surface area contributed by atoms with Crippen LogP contribution in [0, 0.1) is 5.82 Å². The number of carbonyl (C=O) groups excluding carboxylic acids is 1. The van der Waals surface area contributed by atoms with Crippen molar-refractivity contribution in [2.75, 3.05) is 6.54 Å². The number of halogens is 4. The largest absolute Gasteiger partial charge is 0.416 e. The van der Waals surface area contributed by atoms with Gasteiger partial charge in [0.2, 0.25) is 0 Å². The van der Waals surface area contributed by atoms with E-state index >= 15 is 0 Å². The number of aromatic nitrogens is 1. The summed E-state index contributed by atoms with van der Waals surface area (Å²) in [6.07, 6.45) is -1.60. The molecular formula is C27H24F4N2O. The smallest absolute Gasteiger partial charge is 0.351 e. The van der Waals surface area contributed by atoms with Gasteiger partial charge in [0, 0.05) is 23.0 Å². The monoisotopic (exact) mass is 468 g/mol. The van der Waals surface area contributed by atoms with Crippen LogP contribution in [0.2, 0.25) is 0 Å². The summed E-state index contributed by atoms with van der Waals surface area (Å²) in [5, 5.41) is 3.61. The number of rotatable bonds is 7. The average Bonchev–Trinajstić information content (AvgIpc) is 3.20. The Morgan fingerprint density at radius 1 is 0.882 bits per heavy atom. The molecule has 0 spiro atoms. The maximum absolute atomic E-state index is 13.3. The summed E-state index contributed by atoms with van der Waals surface area (Å²) in [5.74, 6) is -0.651. The van der Waals surface area contributed by atoms with Gasteiger partial charge in [-0.05, 0) is 53.4 Å². The second-order valence-electron chi connectivity index (χ2n) is 8.18. The van der Waals surface area contributed by atoms with Crippen molar-refractivity contribution in [1.82, 2.24) is 10.3 Å². The van der Waals surface area contributed by atoms with Crippen molar-refractivity contribution in [3.63, 3.8) is 0 Å². The lowest BCUT2D eigenvalue weighted by Crippen LogP contribution is -2.25. The molecule has 7 heteroatoms. The maximum atomic E-state index is 13.3. The fraction of sp³-hybridized carbons (Fsp3) is 0.222. The summed E-state index contributed by atoms with van der Waals surface area (Å²) in [6.45, 7) is 2.58. The summed E-state index contributed by atoms with van der Waals surface area (Å²) in [6, 6.07) is 16.4. The molecule has 2 N–H and O–H groups in total. The van der Waals surface area contributed by atoms with Crippen molar-refractivity contribution in [1.29, 1.82) is 0 Å². The number of aromatic amines is 1. The quantitative estimate of drug-likeness (QED) is 0.213. The van der Waals surface area contributed by atoms with E-state index in [1.807, 2.05) is 18.2 Å². The zero-order valence-electron chi connectivity index (χ0n) is 18.6. The highest BCUT2D eigenvalue weighted by Crippen LogP contribution is 2.37. The number of hydrogen-bond donors (Lipinski definition) is 2. The third-order valence-electron chi connectivity index (χ3n) is 5.77. The van der Waals surface area contributed by atoms with E-state index in [0.717, 1.165) is 42.5 Å². The third-order valence-corrected chi connectivity index (χ3v) is 5.77. The Bertz CT molecular complexity index is 1290. The van der Waals surface area contributed by atoms with Crippen molar-refractivity contribution in [2.45, 2.75) is 32.4 Å². The van der Waals surface area contributed by atoms with E-state index in [1.54, 1.807) is 12.1 Å². The van der Waals surface area contributed by atoms with E-state index < -0.39 is 11.7 Å². The third kappa shape index (κ3) is 4.98. The van der Waals surface area contributed by atoms with Gasteiger partial charge in [-0.2, -0.15) is 13.2 Å². The van der Waals surface area contributed by atoms with E-state index in [0.29, 0.717) is 34.3 Å². The van der Waals surface area contributed by atoms with Crippen molar-refractivity contribution >= 4 is 16.8 Å². The number of alkyl halides is 3. The van der Waals surface area contributed by atoms with Crippen LogP contribution in [-0.4, -0.2) is 17.4 Å². The summed E-state index contributed by atoms with van der Waals surface area (Å²) < 4.78 is 52.5. The van der Waals surface area contributed by atoms with Gasteiger partial charge in [-0.25, -0.2) is 4.39 Å². The molecule has 4 rings (SSSR count). The van der Waals surface area contributed by atoms with Gasteiger partial charge < -0.3 is 10.3 Å². The molecule has 3 aromatic carbocycles. The first-order valence-electron chi connectivity index (χ1n) is 11.2. The topological polar surface area (TPSA) is 44.9 Å². The van der Waals surface area contributed by atoms with Crippen LogP contribution in [0.15, 0.2) is 66.7 Å². The molecule has 0 unspecified atom stereocenters. The Morgan fingerprint density at radius 3 is 2.18 bits per heavy atom. The highest BCUT2D eigenvalue weighted by atomic mass is 19.4. The molecule has 34 heavy (non-hydrogen) atoms. The van der Waals surface area contributed by atoms with E-state index in [2.05, 4.69) is 17.2 Å². The Morgan fingerprint density at radius 2 is 1.53 bits per heavy atom. The van der Waals surface area contributed by atoms with Crippen LogP contribution in [0.1, 0.15) is 42.2 Å². The summed E-state index contributed by atoms with van der Waals surface area (Å²) in [7, 11) is 0. The molecule has 0 radical (unpaired) electrons. The van der Waals surface area contributed by atoms with Crippen LogP contribution in [0.3, 0.4) is 0 Å². The van der Waals surface area contributed by atoms with Crippen molar-refractivity contribution in [3.8, 4) is 22.3 Å². The van der Waals surface area contributed by atoms with Crippen LogP contribution < -0.4 is 5.32 Å². The number of nitrogens with one attached hydrogen (secondary N) is 2. The van der Waals surface area contributed by atoms with Crippen LogP contribution in [0.25, 0.3) is 33.2 Å². The molecule has 3 nitrogen and oxygen atoms in total. The second kappa shape index (κ2) is 9.71. The molecule has 1 amide bonds. The molecule has 0 bridgehead atoms. The Balaban J connectivity index is 1.78. The first kappa shape index (κ1) is 23.5. The predicted molar refractivity (Wildman–Crippen MR) is 126 cm³/mol. The summed E-state index contributed by atoms with van der Waals surface area (Å²) in [5.41, 5.74) is 2.88. The lowest BCUT2D eigenvalue weighted by Gasteiger charge is -2.10. The maximum Gasteiger partial charge on any atom is 0.416 e. The lowest BCUT2D eigenvalue weighted by atomic mass is 9.98. The Kier molecular flexibility index (Phi) is 6.72. The van der Waals surface area contributed by atoms with Crippen LogP contribution in [0.4, 0.5) is 17.6 Å². The molecule has 0 atom stereocenters. The molecule has 0 aliphatic carbocycles. The number of carbonyl (C=O) groups is 1. The van der Waals surface area contributed by atoms with Crippen LogP contribution in [-0.2, 0) is 6.18 Å². The van der Waals surface area contributed by atoms with Crippen molar-refractivity contribution in [3.05, 3.63) is 83.8 Å². The minimum Gasteiger partial charge on any atom is -0.351 e. The fourth-order valence-electron chi connectivity index (χ4n) is 3.98. The number of unbranched alkanes of at least 4 members (excludes halogenated alkanes) is 2. The normalized spacial score (nSPS) is 11.7. The molecular weight excluding hydrogens is 444 g/mol. The Labute approximate surface area is 194 Å². The molecule has 1 aromatic heterocycles. The minimum absolute atomic E-state index is 0.294. The molecule has 0 saturated heterocycles. The van der Waals surface area contributed by atoms with Gasteiger partial charge in [-0.15, -0.1) is 0 Å². The molecule has 1 heterocycles. The molecule has 176 valence electrons. The van der Waals surface area contributed by atoms with Gasteiger partial charge >= 0.3 is 6.18 Å². The average molecular weight is 468 g/mol. The molecule has 0 aliphatic rings. The summed E-state index contributed by atoms with van der Waals surface area (Å²) >= 11 is 0. The SMILES string of the molecule is CCCCCNC(=O)c1[nH]c2cc(-c3ccc(F)cc3)ccc2c1-c1ccc(C(F)(F)F)cc1. The van der Waals surface area contributed by atoms with Crippen molar-refractivity contribution in [2.24, 2.45) is 0 Å². The van der Waals surface area contributed by atoms with E-state index in [1.165, 1.54) is 24.3 Å². The van der Waals surface area contributed by atoms with Crippen LogP contribution >= 0.6 is 0 Å². The zero-order valence-corrected chi connectivity index (χ0v) is 18.6. The lowest BCUT2D eigenvalue weighted by molar-refractivity contribution is -0.137. The van der Waals surface area contributed by atoms with E-state index in [-0.39, 0.29) is 11.7 Å².